The van der Waals surface area contributed by atoms with E-state index in [1.165, 1.54) is 0 Å². The van der Waals surface area contributed by atoms with Gasteiger partial charge in [0.15, 0.2) is 0 Å². The molecular weight excluding hydrogens is 314 g/mol. The number of urea groups is 1. The molecule has 0 aromatic heterocycles. The number of nitrogens with zero attached hydrogens (tertiary/aromatic N) is 1. The zero-order valence-electron chi connectivity index (χ0n) is 13.1. The second-order valence-electron chi connectivity index (χ2n) is 5.37. The number of ether oxygens (including phenoxy) is 2. The van der Waals surface area contributed by atoms with Crippen molar-refractivity contribution in [3.8, 4) is 5.75 Å². The fourth-order valence-electron chi connectivity index (χ4n) is 2.81. The Kier molecular flexibility index (Phi) is 4.11. The van der Waals surface area contributed by atoms with Crippen molar-refractivity contribution in [3.05, 3.63) is 41.1 Å². The SMILES string of the molecule is CCOc1ccc([C@H]2NC(=O)N(CC(N)=O)C3=C2C(=O)OC3)cc1. The molecule has 1 aromatic carbocycles. The van der Waals surface area contributed by atoms with Crippen LogP contribution in [0.15, 0.2) is 35.5 Å². The van der Waals surface area contributed by atoms with E-state index in [2.05, 4.69) is 5.32 Å². The molecule has 0 radical (unpaired) electrons. The number of carbonyl (C=O) groups is 3. The maximum absolute atomic E-state index is 12.3. The summed E-state index contributed by atoms with van der Waals surface area (Å²) in [5.41, 5.74) is 6.59. The van der Waals surface area contributed by atoms with E-state index in [-0.39, 0.29) is 13.2 Å². The van der Waals surface area contributed by atoms with Crippen LogP contribution in [0, 0.1) is 0 Å². The molecule has 0 saturated heterocycles. The third-order valence-corrected chi connectivity index (χ3v) is 3.84. The molecule has 1 aromatic rings. The van der Waals surface area contributed by atoms with E-state index in [9.17, 15) is 14.4 Å². The van der Waals surface area contributed by atoms with Gasteiger partial charge in [-0.25, -0.2) is 9.59 Å². The van der Waals surface area contributed by atoms with Crippen molar-refractivity contribution in [2.24, 2.45) is 5.73 Å². The van der Waals surface area contributed by atoms with E-state index in [4.69, 9.17) is 15.2 Å². The normalized spacial score (nSPS) is 19.7. The average molecular weight is 331 g/mol. The highest BCUT2D eigenvalue weighted by Crippen LogP contribution is 2.35. The van der Waals surface area contributed by atoms with Crippen LogP contribution in [-0.2, 0) is 14.3 Å². The van der Waals surface area contributed by atoms with E-state index < -0.39 is 23.9 Å². The average Bonchev–Trinajstić information content (AvgIpc) is 2.93. The van der Waals surface area contributed by atoms with Crippen molar-refractivity contribution in [2.45, 2.75) is 13.0 Å². The Morgan fingerprint density at radius 3 is 2.71 bits per heavy atom. The first kappa shape index (κ1) is 15.9. The largest absolute Gasteiger partial charge is 0.494 e. The highest BCUT2D eigenvalue weighted by Gasteiger charge is 2.42. The first-order valence-electron chi connectivity index (χ1n) is 7.50. The van der Waals surface area contributed by atoms with Gasteiger partial charge in [-0.2, -0.15) is 0 Å². The number of primary amides is 1. The van der Waals surface area contributed by atoms with Crippen molar-refractivity contribution in [1.29, 1.82) is 0 Å². The molecule has 3 rings (SSSR count). The van der Waals surface area contributed by atoms with Crippen molar-refractivity contribution >= 4 is 17.9 Å². The van der Waals surface area contributed by atoms with Gasteiger partial charge in [-0.3, -0.25) is 9.69 Å². The first-order valence-corrected chi connectivity index (χ1v) is 7.50. The summed E-state index contributed by atoms with van der Waals surface area (Å²) in [6, 6.07) is 5.95. The van der Waals surface area contributed by atoms with Gasteiger partial charge in [-0.15, -0.1) is 0 Å². The van der Waals surface area contributed by atoms with Crippen LogP contribution in [0.1, 0.15) is 18.5 Å². The Morgan fingerprint density at radius 1 is 1.38 bits per heavy atom. The van der Waals surface area contributed by atoms with Gasteiger partial charge >= 0.3 is 12.0 Å². The summed E-state index contributed by atoms with van der Waals surface area (Å²) in [5.74, 6) is -0.490. The number of nitrogens with two attached hydrogens (primary N) is 1. The second-order valence-corrected chi connectivity index (χ2v) is 5.37. The van der Waals surface area contributed by atoms with E-state index in [1.54, 1.807) is 24.3 Å². The monoisotopic (exact) mass is 331 g/mol. The highest BCUT2D eigenvalue weighted by molar-refractivity contribution is 5.98. The number of hydrogen-bond donors (Lipinski definition) is 2. The minimum Gasteiger partial charge on any atom is -0.494 e. The van der Waals surface area contributed by atoms with E-state index in [1.807, 2.05) is 6.92 Å². The topological polar surface area (TPSA) is 111 Å². The van der Waals surface area contributed by atoms with Gasteiger partial charge < -0.3 is 20.5 Å². The number of esters is 1. The molecule has 3 N–H and O–H groups in total. The molecule has 0 saturated carbocycles. The predicted octanol–water partition coefficient (Wildman–Crippen LogP) is 0.448. The van der Waals surface area contributed by atoms with Gasteiger partial charge in [-0.1, -0.05) is 12.1 Å². The number of rotatable bonds is 5. The number of nitrogens with one attached hydrogen (secondary N) is 1. The molecule has 0 bridgehead atoms. The summed E-state index contributed by atoms with van der Waals surface area (Å²) in [6.07, 6.45) is 0. The molecule has 8 heteroatoms. The summed E-state index contributed by atoms with van der Waals surface area (Å²) in [7, 11) is 0. The molecule has 2 aliphatic heterocycles. The summed E-state index contributed by atoms with van der Waals surface area (Å²) in [6.45, 7) is 2.07. The van der Waals surface area contributed by atoms with Crippen molar-refractivity contribution in [2.75, 3.05) is 19.8 Å². The van der Waals surface area contributed by atoms with Crippen LogP contribution < -0.4 is 15.8 Å². The Labute approximate surface area is 138 Å². The molecule has 8 nitrogen and oxygen atoms in total. The van der Waals surface area contributed by atoms with E-state index in [0.29, 0.717) is 23.6 Å². The number of benzene rings is 1. The smallest absolute Gasteiger partial charge is 0.338 e. The van der Waals surface area contributed by atoms with Gasteiger partial charge in [0, 0.05) is 0 Å². The van der Waals surface area contributed by atoms with Crippen LogP contribution in [0.4, 0.5) is 4.79 Å². The summed E-state index contributed by atoms with van der Waals surface area (Å²) in [5, 5.41) is 2.72. The van der Waals surface area contributed by atoms with Crippen molar-refractivity contribution in [1.82, 2.24) is 10.2 Å². The lowest BCUT2D eigenvalue weighted by Gasteiger charge is -2.32. The third-order valence-electron chi connectivity index (χ3n) is 3.84. The lowest BCUT2D eigenvalue weighted by atomic mass is 9.95. The number of carbonyl (C=O) groups excluding carboxylic acids is 3. The molecule has 0 aliphatic carbocycles. The second kappa shape index (κ2) is 6.23. The summed E-state index contributed by atoms with van der Waals surface area (Å²) < 4.78 is 10.4. The molecule has 24 heavy (non-hydrogen) atoms. The van der Waals surface area contributed by atoms with Gasteiger partial charge in [0.25, 0.3) is 0 Å². The van der Waals surface area contributed by atoms with Crippen LogP contribution in [0.25, 0.3) is 0 Å². The van der Waals surface area contributed by atoms with Crippen LogP contribution in [0.2, 0.25) is 0 Å². The lowest BCUT2D eigenvalue weighted by Crippen LogP contribution is -2.49. The van der Waals surface area contributed by atoms with Crippen molar-refractivity contribution < 1.29 is 23.9 Å². The zero-order chi connectivity index (χ0) is 17.3. The first-order chi connectivity index (χ1) is 11.5. The maximum Gasteiger partial charge on any atom is 0.338 e. The Morgan fingerprint density at radius 2 is 2.08 bits per heavy atom. The van der Waals surface area contributed by atoms with Gasteiger partial charge in [0.1, 0.15) is 18.9 Å². The summed E-state index contributed by atoms with van der Waals surface area (Å²) >= 11 is 0. The van der Waals surface area contributed by atoms with Gasteiger partial charge in [0.2, 0.25) is 5.91 Å². The Bertz CT molecular complexity index is 726. The van der Waals surface area contributed by atoms with Crippen molar-refractivity contribution in [3.63, 3.8) is 0 Å². The zero-order valence-corrected chi connectivity index (χ0v) is 13.1. The van der Waals surface area contributed by atoms with E-state index in [0.717, 1.165) is 10.5 Å². The fraction of sp³-hybridized carbons (Fsp3) is 0.312. The molecule has 3 amide bonds. The van der Waals surface area contributed by atoms with Crippen LogP contribution in [-0.4, -0.2) is 42.6 Å². The molecule has 2 heterocycles. The number of cyclic esters (lactones) is 1. The van der Waals surface area contributed by atoms with Crippen LogP contribution in [0.5, 0.6) is 5.75 Å². The maximum atomic E-state index is 12.3. The third kappa shape index (κ3) is 2.78. The van der Waals surface area contributed by atoms with Crippen LogP contribution >= 0.6 is 0 Å². The Hall–Kier alpha value is -3.03. The van der Waals surface area contributed by atoms with Gasteiger partial charge in [-0.05, 0) is 24.6 Å². The highest BCUT2D eigenvalue weighted by atomic mass is 16.5. The standard InChI is InChI=1S/C16H17N3O5/c1-2-23-10-5-3-9(4-6-10)14-13-11(8-24-15(13)21)19(7-12(17)20)16(22)18-14/h3-6,14H,2,7-8H2,1H3,(H2,17,20)(H,18,22)/t14-/m1/s1. The minimum atomic E-state index is -0.670. The summed E-state index contributed by atoms with van der Waals surface area (Å²) in [4.78, 5) is 36.7. The minimum absolute atomic E-state index is 0.0532. The molecule has 0 fully saturated rings. The van der Waals surface area contributed by atoms with Gasteiger partial charge in [0.05, 0.1) is 23.9 Å². The number of amides is 3. The number of hydrogen-bond acceptors (Lipinski definition) is 5. The lowest BCUT2D eigenvalue weighted by molar-refractivity contribution is -0.136. The Balaban J connectivity index is 1.96. The molecule has 0 spiro atoms. The predicted molar refractivity (Wildman–Crippen MR) is 82.8 cm³/mol. The molecule has 2 aliphatic rings. The van der Waals surface area contributed by atoms with Crippen LogP contribution in [0.3, 0.4) is 0 Å². The van der Waals surface area contributed by atoms with E-state index >= 15 is 0 Å². The molecule has 1 atom stereocenters. The quantitative estimate of drug-likeness (QED) is 0.761. The molecule has 0 unspecified atom stereocenters. The fourth-order valence-corrected chi connectivity index (χ4v) is 2.81. The molecule has 126 valence electrons. The molecular formula is C16H17N3O5.